The van der Waals surface area contributed by atoms with Gasteiger partial charge in [0.15, 0.2) is 11.5 Å². The van der Waals surface area contributed by atoms with Crippen LogP contribution in [0.3, 0.4) is 0 Å². The second-order valence-electron chi connectivity index (χ2n) is 7.77. The highest BCUT2D eigenvalue weighted by Gasteiger charge is 2.47. The smallest absolute Gasteiger partial charge is 0.300 e. The number of aryl methyl sites for hydroxylation is 1. The van der Waals surface area contributed by atoms with Crippen LogP contribution in [0.1, 0.15) is 29.7 Å². The van der Waals surface area contributed by atoms with Crippen molar-refractivity contribution in [1.82, 2.24) is 0 Å². The summed E-state index contributed by atoms with van der Waals surface area (Å²) < 4.78 is 5.51. The lowest BCUT2D eigenvalue weighted by Crippen LogP contribution is -2.29. The summed E-state index contributed by atoms with van der Waals surface area (Å²) in [6, 6.07) is 14.9. The first kappa shape index (κ1) is 23.7. The molecule has 34 heavy (non-hydrogen) atoms. The fourth-order valence-corrected chi connectivity index (χ4v) is 4.18. The fourth-order valence-electron chi connectivity index (χ4n) is 3.88. The lowest BCUT2D eigenvalue weighted by atomic mass is 9.94. The number of phenolic OH excluding ortho intramolecular Hbond substituents is 1. The van der Waals surface area contributed by atoms with Crippen molar-refractivity contribution in [2.75, 3.05) is 11.5 Å². The highest BCUT2D eigenvalue weighted by Crippen LogP contribution is 2.44. The first-order valence-corrected chi connectivity index (χ1v) is 11.3. The maximum Gasteiger partial charge on any atom is 0.300 e. The third-order valence-electron chi connectivity index (χ3n) is 5.60. The van der Waals surface area contributed by atoms with Crippen molar-refractivity contribution in [2.45, 2.75) is 19.9 Å². The molecule has 3 aromatic carbocycles. The Morgan fingerprint density at radius 3 is 2.38 bits per heavy atom. The van der Waals surface area contributed by atoms with Gasteiger partial charge in [0.1, 0.15) is 5.76 Å². The molecule has 174 valence electrons. The van der Waals surface area contributed by atoms with Crippen LogP contribution >= 0.6 is 23.2 Å². The monoisotopic (exact) mass is 497 g/mol. The van der Waals surface area contributed by atoms with Crippen LogP contribution in [0.4, 0.5) is 5.69 Å². The van der Waals surface area contributed by atoms with E-state index in [2.05, 4.69) is 0 Å². The zero-order chi connectivity index (χ0) is 24.6. The van der Waals surface area contributed by atoms with Gasteiger partial charge in [0.2, 0.25) is 0 Å². The Kier molecular flexibility index (Phi) is 6.55. The molecule has 0 aliphatic carbocycles. The Labute approximate surface area is 206 Å². The Hall–Kier alpha value is -3.48. The van der Waals surface area contributed by atoms with Crippen LogP contribution in [0.25, 0.3) is 5.76 Å². The van der Waals surface area contributed by atoms with E-state index in [4.69, 9.17) is 27.9 Å². The highest BCUT2D eigenvalue weighted by molar-refractivity contribution is 6.51. The second kappa shape index (κ2) is 9.41. The number of halogens is 2. The van der Waals surface area contributed by atoms with Crippen molar-refractivity contribution in [1.29, 1.82) is 0 Å². The number of carbonyl (C=O) groups excluding carboxylic acids is 2. The van der Waals surface area contributed by atoms with Gasteiger partial charge in [0, 0.05) is 21.3 Å². The van der Waals surface area contributed by atoms with Crippen LogP contribution in [0.15, 0.2) is 66.2 Å². The minimum Gasteiger partial charge on any atom is -0.507 e. The summed E-state index contributed by atoms with van der Waals surface area (Å²) in [6.45, 7) is 3.90. The summed E-state index contributed by atoms with van der Waals surface area (Å²) in [5.41, 5.74) is 1.90. The summed E-state index contributed by atoms with van der Waals surface area (Å²) in [6.07, 6.45) is 0. The molecule has 1 amide bonds. The average molecular weight is 498 g/mol. The molecule has 6 nitrogen and oxygen atoms in total. The molecule has 0 bridgehead atoms. The molecule has 1 fully saturated rings. The third kappa shape index (κ3) is 4.22. The summed E-state index contributed by atoms with van der Waals surface area (Å²) in [7, 11) is 0. The predicted molar refractivity (Wildman–Crippen MR) is 132 cm³/mol. The lowest BCUT2D eigenvalue weighted by molar-refractivity contribution is -0.132. The number of Topliss-reactive ketones (excluding diaryl/α,β-unsaturated/α-hetero) is 1. The number of ketones is 1. The quantitative estimate of drug-likeness (QED) is 0.255. The number of aliphatic hydroxyl groups is 1. The lowest BCUT2D eigenvalue weighted by Gasteiger charge is -2.26. The average Bonchev–Trinajstić information content (AvgIpc) is 3.08. The van der Waals surface area contributed by atoms with Gasteiger partial charge in [0.05, 0.1) is 18.2 Å². The van der Waals surface area contributed by atoms with Gasteiger partial charge in [-0.1, -0.05) is 35.3 Å². The minimum atomic E-state index is -0.991. The number of anilines is 1. The van der Waals surface area contributed by atoms with Crippen LogP contribution in [-0.2, 0) is 9.59 Å². The number of benzene rings is 3. The number of aromatic hydroxyl groups is 1. The largest absolute Gasteiger partial charge is 0.507 e. The number of carbonyl (C=O) groups is 2. The third-order valence-corrected chi connectivity index (χ3v) is 6.25. The number of hydrogen-bond acceptors (Lipinski definition) is 5. The van der Waals surface area contributed by atoms with E-state index in [1.165, 1.54) is 11.0 Å². The van der Waals surface area contributed by atoms with E-state index >= 15 is 0 Å². The van der Waals surface area contributed by atoms with Crippen molar-refractivity contribution < 1.29 is 24.5 Å². The van der Waals surface area contributed by atoms with Gasteiger partial charge >= 0.3 is 0 Å². The van der Waals surface area contributed by atoms with Crippen molar-refractivity contribution >= 4 is 46.3 Å². The van der Waals surface area contributed by atoms with E-state index in [-0.39, 0.29) is 22.8 Å². The van der Waals surface area contributed by atoms with E-state index in [0.29, 0.717) is 33.5 Å². The molecule has 2 N–H and O–H groups in total. The summed E-state index contributed by atoms with van der Waals surface area (Å²) in [5.74, 6) is -1.89. The molecule has 8 heteroatoms. The van der Waals surface area contributed by atoms with E-state index in [9.17, 15) is 19.8 Å². The normalized spacial score (nSPS) is 17.3. The Bertz CT molecular complexity index is 1320. The zero-order valence-corrected chi connectivity index (χ0v) is 19.9. The minimum absolute atomic E-state index is 0.0846. The van der Waals surface area contributed by atoms with Gasteiger partial charge in [-0.25, -0.2) is 0 Å². The van der Waals surface area contributed by atoms with Crippen LogP contribution in [-0.4, -0.2) is 28.5 Å². The number of amides is 1. The van der Waals surface area contributed by atoms with Crippen LogP contribution in [0, 0.1) is 6.92 Å². The summed E-state index contributed by atoms with van der Waals surface area (Å²) in [4.78, 5) is 27.8. The molecule has 1 atom stereocenters. The molecule has 0 saturated carbocycles. The molecular formula is C26H21Cl2NO5. The molecule has 1 saturated heterocycles. The SMILES string of the molecule is CCOc1cc(C2/C(=C(\O)c3ccc(Cl)cc3)C(=O)C(=O)N2c2ccc(C)c(Cl)c2)ccc1O. The first-order chi connectivity index (χ1) is 16.2. The van der Waals surface area contributed by atoms with Gasteiger partial charge in [-0.2, -0.15) is 0 Å². The highest BCUT2D eigenvalue weighted by atomic mass is 35.5. The van der Waals surface area contributed by atoms with E-state index in [0.717, 1.165) is 5.56 Å². The number of hydrogen-bond donors (Lipinski definition) is 2. The molecule has 1 aliphatic rings. The second-order valence-corrected chi connectivity index (χ2v) is 8.61. The van der Waals surface area contributed by atoms with Gasteiger partial charge < -0.3 is 14.9 Å². The standard InChI is InChI=1S/C26H21Cl2NO5/c1-3-34-21-12-16(7-11-20(21)30)23-22(24(31)15-5-8-17(27)9-6-15)25(32)26(33)29(23)18-10-4-14(2)19(28)13-18/h4-13,23,30-31H,3H2,1-2H3/b24-22+. The molecule has 4 rings (SSSR count). The maximum absolute atomic E-state index is 13.2. The van der Waals surface area contributed by atoms with Gasteiger partial charge in [-0.05, 0) is 73.5 Å². The van der Waals surface area contributed by atoms with Gasteiger partial charge in [0.25, 0.3) is 11.7 Å². The molecule has 1 unspecified atom stereocenters. The first-order valence-electron chi connectivity index (χ1n) is 10.5. The number of rotatable bonds is 5. The number of ether oxygens (including phenoxy) is 1. The van der Waals surface area contributed by atoms with Crippen LogP contribution in [0.2, 0.25) is 10.0 Å². The van der Waals surface area contributed by atoms with E-state index < -0.39 is 17.7 Å². The van der Waals surface area contributed by atoms with E-state index in [1.54, 1.807) is 61.5 Å². The molecule has 0 radical (unpaired) electrons. The number of nitrogens with zero attached hydrogens (tertiary/aromatic N) is 1. The zero-order valence-electron chi connectivity index (χ0n) is 18.4. The van der Waals surface area contributed by atoms with Crippen LogP contribution < -0.4 is 9.64 Å². The van der Waals surface area contributed by atoms with Crippen molar-refractivity contribution in [2.24, 2.45) is 0 Å². The molecule has 0 aromatic heterocycles. The Balaban J connectivity index is 1.97. The molecule has 1 aliphatic heterocycles. The fraction of sp³-hybridized carbons (Fsp3) is 0.154. The molecule has 3 aromatic rings. The van der Waals surface area contributed by atoms with E-state index in [1.807, 2.05) is 6.92 Å². The van der Waals surface area contributed by atoms with Crippen molar-refractivity contribution in [3.8, 4) is 11.5 Å². The molecular weight excluding hydrogens is 477 g/mol. The predicted octanol–water partition coefficient (Wildman–Crippen LogP) is 6.03. The van der Waals surface area contributed by atoms with Crippen molar-refractivity contribution in [3.05, 3.63) is 93.0 Å². The topological polar surface area (TPSA) is 87.1 Å². The van der Waals surface area contributed by atoms with Gasteiger partial charge in [-0.3, -0.25) is 14.5 Å². The molecule has 1 heterocycles. The number of phenols is 1. The Morgan fingerprint density at radius 2 is 1.74 bits per heavy atom. The summed E-state index contributed by atoms with van der Waals surface area (Å²) in [5, 5.41) is 22.2. The number of aliphatic hydroxyl groups excluding tert-OH is 1. The van der Waals surface area contributed by atoms with Crippen LogP contribution in [0.5, 0.6) is 11.5 Å². The van der Waals surface area contributed by atoms with Gasteiger partial charge in [-0.15, -0.1) is 0 Å². The molecule has 0 spiro atoms. The Morgan fingerprint density at radius 1 is 1.03 bits per heavy atom. The summed E-state index contributed by atoms with van der Waals surface area (Å²) >= 11 is 12.3. The maximum atomic E-state index is 13.2. The van der Waals surface area contributed by atoms with Crippen molar-refractivity contribution in [3.63, 3.8) is 0 Å².